The topological polar surface area (TPSA) is 61.7 Å². The number of nitrogens with one attached hydrogen (secondary N) is 1. The van der Waals surface area contributed by atoms with Crippen molar-refractivity contribution in [2.24, 2.45) is 0 Å². The number of ether oxygens (including phenoxy) is 1. The zero-order valence-electron chi connectivity index (χ0n) is 15.5. The smallest absolute Gasteiger partial charge is 0.149 e. The first-order chi connectivity index (χ1) is 13.7. The molecule has 0 saturated heterocycles. The van der Waals surface area contributed by atoms with E-state index in [1.165, 1.54) is 0 Å². The van der Waals surface area contributed by atoms with Crippen LogP contribution in [0.5, 0.6) is 5.75 Å². The van der Waals surface area contributed by atoms with E-state index < -0.39 is 0 Å². The molecule has 0 fully saturated rings. The van der Waals surface area contributed by atoms with Gasteiger partial charge in [-0.2, -0.15) is 5.26 Å². The Morgan fingerprint density at radius 3 is 2.61 bits per heavy atom. The number of fused-ring (bicyclic) bond motifs is 1. The highest BCUT2D eigenvalue weighted by atomic mass is 16.5. The number of nitriles is 1. The van der Waals surface area contributed by atoms with Crippen LogP contribution in [0.25, 0.3) is 22.7 Å². The number of aromatic nitrogens is 2. The minimum atomic E-state index is 0.492. The predicted octanol–water partition coefficient (Wildman–Crippen LogP) is 5.51. The highest BCUT2D eigenvalue weighted by Crippen LogP contribution is 2.21. The Labute approximate surface area is 163 Å². The molecule has 0 atom stereocenters. The van der Waals surface area contributed by atoms with Crippen LogP contribution in [0.3, 0.4) is 0 Å². The molecule has 4 heteroatoms. The second-order valence-electron chi connectivity index (χ2n) is 6.62. The fourth-order valence-electron chi connectivity index (χ4n) is 2.97. The van der Waals surface area contributed by atoms with E-state index in [0.29, 0.717) is 18.0 Å². The van der Waals surface area contributed by atoms with E-state index in [2.05, 4.69) is 16.0 Å². The van der Waals surface area contributed by atoms with E-state index in [0.717, 1.165) is 33.5 Å². The monoisotopic (exact) mass is 365 g/mol. The Kier molecular flexibility index (Phi) is 4.90. The summed E-state index contributed by atoms with van der Waals surface area (Å²) in [5.74, 6) is 1.37. The summed E-state index contributed by atoms with van der Waals surface area (Å²) in [5, 5.41) is 9.58. The fourth-order valence-corrected chi connectivity index (χ4v) is 2.97. The molecule has 0 aliphatic rings. The Morgan fingerprint density at radius 2 is 1.86 bits per heavy atom. The van der Waals surface area contributed by atoms with Gasteiger partial charge in [-0.1, -0.05) is 48.5 Å². The van der Waals surface area contributed by atoms with Crippen molar-refractivity contribution in [1.82, 2.24) is 9.97 Å². The van der Waals surface area contributed by atoms with Crippen LogP contribution in [0, 0.1) is 18.3 Å². The van der Waals surface area contributed by atoms with Crippen LogP contribution >= 0.6 is 0 Å². The van der Waals surface area contributed by atoms with E-state index in [1.54, 1.807) is 0 Å². The van der Waals surface area contributed by atoms with E-state index >= 15 is 0 Å². The summed E-state index contributed by atoms with van der Waals surface area (Å²) in [6, 6.07) is 26.0. The summed E-state index contributed by atoms with van der Waals surface area (Å²) >= 11 is 0. The maximum Gasteiger partial charge on any atom is 0.149 e. The van der Waals surface area contributed by atoms with E-state index in [4.69, 9.17) is 4.74 Å². The molecule has 136 valence electrons. The SMILES string of the molecule is Cc1ccc2nc(/C(C#N)=C\c3ccc(OCc4ccccc4)cc3)[nH]c2c1. The second kappa shape index (κ2) is 7.81. The second-order valence-corrected chi connectivity index (χ2v) is 6.62. The van der Waals surface area contributed by atoms with Crippen molar-refractivity contribution < 1.29 is 4.74 Å². The molecule has 4 aromatic rings. The number of hydrogen-bond acceptors (Lipinski definition) is 3. The van der Waals surface area contributed by atoms with Crippen LogP contribution < -0.4 is 4.74 Å². The van der Waals surface area contributed by atoms with E-state index in [1.807, 2.05) is 85.8 Å². The predicted molar refractivity (Wildman–Crippen MR) is 112 cm³/mol. The van der Waals surface area contributed by atoms with Gasteiger partial charge in [-0.3, -0.25) is 0 Å². The van der Waals surface area contributed by atoms with Gasteiger partial charge in [0.25, 0.3) is 0 Å². The molecule has 0 saturated carbocycles. The van der Waals surface area contributed by atoms with Crippen molar-refractivity contribution in [2.45, 2.75) is 13.5 Å². The van der Waals surface area contributed by atoms with E-state index in [9.17, 15) is 5.26 Å². The summed E-state index contributed by atoms with van der Waals surface area (Å²) in [7, 11) is 0. The normalized spacial score (nSPS) is 11.4. The third-order valence-corrected chi connectivity index (χ3v) is 4.45. The summed E-state index contributed by atoms with van der Waals surface area (Å²) < 4.78 is 5.81. The quantitative estimate of drug-likeness (QED) is 0.474. The molecule has 0 amide bonds. The number of imidazole rings is 1. The van der Waals surface area contributed by atoms with Gasteiger partial charge in [0.05, 0.1) is 16.6 Å². The van der Waals surface area contributed by atoms with Crippen LogP contribution in [0.15, 0.2) is 72.8 Å². The number of H-pyrrole nitrogens is 1. The van der Waals surface area contributed by atoms with Gasteiger partial charge in [0.1, 0.15) is 24.3 Å². The molecule has 0 bridgehead atoms. The lowest BCUT2D eigenvalue weighted by Crippen LogP contribution is -1.94. The minimum Gasteiger partial charge on any atom is -0.489 e. The summed E-state index contributed by atoms with van der Waals surface area (Å²) in [6.45, 7) is 2.56. The maximum absolute atomic E-state index is 9.58. The number of rotatable bonds is 5. The first kappa shape index (κ1) is 17.6. The van der Waals surface area contributed by atoms with Crippen LogP contribution in [-0.2, 0) is 6.61 Å². The number of benzene rings is 3. The number of nitrogens with zero attached hydrogens (tertiary/aromatic N) is 2. The van der Waals surface area contributed by atoms with Gasteiger partial charge >= 0.3 is 0 Å². The summed E-state index contributed by atoms with van der Waals surface area (Å²) in [6.07, 6.45) is 1.82. The lowest BCUT2D eigenvalue weighted by atomic mass is 10.1. The van der Waals surface area contributed by atoms with Gasteiger partial charge in [0, 0.05) is 0 Å². The molecule has 28 heavy (non-hydrogen) atoms. The van der Waals surface area contributed by atoms with Crippen LogP contribution in [0.4, 0.5) is 0 Å². The third kappa shape index (κ3) is 3.94. The van der Waals surface area contributed by atoms with Gasteiger partial charge < -0.3 is 9.72 Å². The van der Waals surface area contributed by atoms with Gasteiger partial charge in [-0.05, 0) is 54.0 Å². The van der Waals surface area contributed by atoms with Crippen molar-refractivity contribution in [3.05, 3.63) is 95.3 Å². The Bertz CT molecular complexity index is 1170. The number of hydrogen-bond donors (Lipinski definition) is 1. The molecular formula is C24H19N3O. The van der Waals surface area contributed by atoms with Crippen molar-refractivity contribution in [1.29, 1.82) is 5.26 Å². The Morgan fingerprint density at radius 1 is 1.07 bits per heavy atom. The number of allylic oxidation sites excluding steroid dienone is 1. The molecule has 3 aromatic carbocycles. The molecule has 0 radical (unpaired) electrons. The van der Waals surface area contributed by atoms with Crippen molar-refractivity contribution in [3.8, 4) is 11.8 Å². The molecular weight excluding hydrogens is 346 g/mol. The molecule has 0 spiro atoms. The first-order valence-electron chi connectivity index (χ1n) is 9.06. The van der Waals surface area contributed by atoms with Gasteiger partial charge in [0.2, 0.25) is 0 Å². The van der Waals surface area contributed by atoms with E-state index in [-0.39, 0.29) is 0 Å². The van der Waals surface area contributed by atoms with Crippen molar-refractivity contribution in [3.63, 3.8) is 0 Å². The molecule has 4 rings (SSSR count). The highest BCUT2D eigenvalue weighted by Gasteiger charge is 2.08. The first-order valence-corrected chi connectivity index (χ1v) is 9.06. The highest BCUT2D eigenvalue weighted by molar-refractivity contribution is 5.90. The Balaban J connectivity index is 1.52. The fraction of sp³-hybridized carbons (Fsp3) is 0.0833. The van der Waals surface area contributed by atoms with Crippen LogP contribution in [0.1, 0.15) is 22.5 Å². The van der Waals surface area contributed by atoms with Crippen molar-refractivity contribution in [2.75, 3.05) is 0 Å². The number of aryl methyl sites for hydroxylation is 1. The molecule has 1 heterocycles. The van der Waals surface area contributed by atoms with Crippen LogP contribution in [0.2, 0.25) is 0 Å². The lowest BCUT2D eigenvalue weighted by Gasteiger charge is -2.06. The zero-order valence-corrected chi connectivity index (χ0v) is 15.5. The zero-order chi connectivity index (χ0) is 19.3. The van der Waals surface area contributed by atoms with Gasteiger partial charge in [-0.25, -0.2) is 4.98 Å². The molecule has 1 N–H and O–H groups in total. The maximum atomic E-state index is 9.58. The third-order valence-electron chi connectivity index (χ3n) is 4.45. The standard InChI is InChI=1S/C24H19N3O/c1-17-7-12-22-23(13-17)27-24(26-22)20(15-25)14-18-8-10-21(11-9-18)28-16-19-5-3-2-4-6-19/h2-14H,16H2,1H3,(H,26,27)/b20-14-. The van der Waals surface area contributed by atoms with Gasteiger partial charge in [0.15, 0.2) is 0 Å². The Hall–Kier alpha value is -3.84. The van der Waals surface area contributed by atoms with Crippen LogP contribution in [-0.4, -0.2) is 9.97 Å². The average Bonchev–Trinajstić information content (AvgIpc) is 3.15. The largest absolute Gasteiger partial charge is 0.489 e. The molecule has 0 aliphatic heterocycles. The lowest BCUT2D eigenvalue weighted by molar-refractivity contribution is 0.306. The number of aromatic amines is 1. The molecule has 0 aliphatic carbocycles. The average molecular weight is 365 g/mol. The van der Waals surface area contributed by atoms with Crippen molar-refractivity contribution >= 4 is 22.7 Å². The molecule has 1 aromatic heterocycles. The van der Waals surface area contributed by atoms with Gasteiger partial charge in [-0.15, -0.1) is 0 Å². The summed E-state index contributed by atoms with van der Waals surface area (Å²) in [5.41, 5.74) is 5.47. The molecule has 4 nitrogen and oxygen atoms in total. The summed E-state index contributed by atoms with van der Waals surface area (Å²) in [4.78, 5) is 7.76. The molecule has 0 unspecified atom stereocenters. The minimum absolute atomic E-state index is 0.492.